The fourth-order valence-corrected chi connectivity index (χ4v) is 4.33. The maximum absolute atomic E-state index is 10.3. The Hall–Kier alpha value is -2.13. The van der Waals surface area contributed by atoms with Crippen LogP contribution in [0.2, 0.25) is 0 Å². The molecule has 154 valence electrons. The van der Waals surface area contributed by atoms with E-state index in [4.69, 9.17) is 4.74 Å². The van der Waals surface area contributed by atoms with Crippen molar-refractivity contribution >= 4 is 34.2 Å². The van der Waals surface area contributed by atoms with Crippen LogP contribution in [0.3, 0.4) is 0 Å². The van der Waals surface area contributed by atoms with Gasteiger partial charge in [0.25, 0.3) is 0 Å². The predicted octanol–water partition coefficient (Wildman–Crippen LogP) is 2.70. The number of fused-ring (bicyclic) bond motifs is 1. The van der Waals surface area contributed by atoms with Crippen molar-refractivity contribution in [2.45, 2.75) is 25.5 Å². The molecule has 2 fully saturated rings. The van der Waals surface area contributed by atoms with Crippen LogP contribution in [0.1, 0.15) is 25.5 Å². The third-order valence-electron chi connectivity index (χ3n) is 5.91. The molecule has 1 N–H and O–H groups in total. The summed E-state index contributed by atoms with van der Waals surface area (Å²) in [6.45, 7) is 12.0. The number of piperazine rings is 1. The van der Waals surface area contributed by atoms with E-state index in [1.165, 1.54) is 10.3 Å². The van der Waals surface area contributed by atoms with Gasteiger partial charge in [-0.25, -0.2) is 15.0 Å². The Morgan fingerprint density at radius 2 is 2.10 bits per heavy atom. The second kappa shape index (κ2) is 8.31. The number of guanidine groups is 1. The van der Waals surface area contributed by atoms with Crippen molar-refractivity contribution in [1.82, 2.24) is 14.8 Å². The standard InChI is InChI=1S/C21H27N5O2S/c1-15(21(27)12-28-13-21)11-23-20(22-3)26-8-6-25(7-9-26)16(2)17-4-5-19-18(10-17)24-14-29-19/h4-5,10-11,14,16,27H,3,6-9,12-13H2,1-2H3/b15-11+,23-20?. The summed E-state index contributed by atoms with van der Waals surface area (Å²) in [5.74, 6) is 0.601. The molecule has 2 aliphatic heterocycles. The van der Waals surface area contributed by atoms with Gasteiger partial charge in [0.2, 0.25) is 5.96 Å². The molecule has 3 heterocycles. The van der Waals surface area contributed by atoms with Gasteiger partial charge in [-0.05, 0) is 43.8 Å². The van der Waals surface area contributed by atoms with Crippen LogP contribution in [0.25, 0.3) is 10.2 Å². The van der Waals surface area contributed by atoms with Crippen LogP contribution < -0.4 is 0 Å². The van der Waals surface area contributed by atoms with Crippen LogP contribution >= 0.6 is 11.3 Å². The van der Waals surface area contributed by atoms with Gasteiger partial charge in [0.05, 0.1) is 28.9 Å². The molecular weight excluding hydrogens is 386 g/mol. The van der Waals surface area contributed by atoms with E-state index in [9.17, 15) is 5.11 Å². The topological polar surface area (TPSA) is 73.6 Å². The average molecular weight is 414 g/mol. The Bertz CT molecular complexity index is 941. The number of rotatable bonds is 4. The summed E-state index contributed by atoms with van der Waals surface area (Å²) in [6, 6.07) is 6.90. The zero-order chi connectivity index (χ0) is 20.4. The number of aromatic nitrogens is 1. The van der Waals surface area contributed by atoms with E-state index in [1.54, 1.807) is 17.5 Å². The average Bonchev–Trinajstić information content (AvgIpc) is 3.20. The summed E-state index contributed by atoms with van der Waals surface area (Å²) in [5, 5.41) is 10.3. The van der Waals surface area contributed by atoms with Gasteiger partial charge in [-0.1, -0.05) is 6.07 Å². The first kappa shape index (κ1) is 20.2. The lowest BCUT2D eigenvalue weighted by molar-refractivity contribution is -0.154. The molecule has 0 aliphatic carbocycles. The smallest absolute Gasteiger partial charge is 0.224 e. The highest BCUT2D eigenvalue weighted by Gasteiger charge is 2.37. The van der Waals surface area contributed by atoms with E-state index in [0.717, 1.165) is 37.3 Å². The Labute approximate surface area is 175 Å². The van der Waals surface area contributed by atoms with Gasteiger partial charge < -0.3 is 14.7 Å². The monoisotopic (exact) mass is 413 g/mol. The summed E-state index contributed by atoms with van der Waals surface area (Å²) in [4.78, 5) is 17.6. The summed E-state index contributed by atoms with van der Waals surface area (Å²) in [6.07, 6.45) is 1.69. The second-order valence-electron chi connectivity index (χ2n) is 7.70. The molecule has 0 bridgehead atoms. The van der Waals surface area contributed by atoms with Crippen molar-refractivity contribution in [3.63, 3.8) is 0 Å². The van der Waals surface area contributed by atoms with Crippen LogP contribution in [0, 0.1) is 0 Å². The number of thiazole rings is 1. The maximum Gasteiger partial charge on any atom is 0.224 e. The van der Waals surface area contributed by atoms with Gasteiger partial charge in [0.1, 0.15) is 5.60 Å². The van der Waals surface area contributed by atoms with Gasteiger partial charge in [0, 0.05) is 38.4 Å². The third kappa shape index (κ3) is 4.11. The lowest BCUT2D eigenvalue weighted by Crippen LogP contribution is -2.50. The van der Waals surface area contributed by atoms with Crippen molar-refractivity contribution in [3.05, 3.63) is 41.0 Å². The summed E-state index contributed by atoms with van der Waals surface area (Å²) < 4.78 is 6.33. The Morgan fingerprint density at radius 1 is 1.34 bits per heavy atom. The number of benzene rings is 1. The van der Waals surface area contributed by atoms with Gasteiger partial charge >= 0.3 is 0 Å². The van der Waals surface area contributed by atoms with Gasteiger partial charge in [0.15, 0.2) is 0 Å². The molecule has 2 saturated heterocycles. The van der Waals surface area contributed by atoms with Crippen molar-refractivity contribution in [3.8, 4) is 0 Å². The fraction of sp³-hybridized carbons (Fsp3) is 0.476. The molecule has 1 unspecified atom stereocenters. The molecule has 1 atom stereocenters. The molecule has 0 saturated carbocycles. The van der Waals surface area contributed by atoms with Crippen molar-refractivity contribution in [2.24, 2.45) is 9.98 Å². The Balaban J connectivity index is 1.39. The van der Waals surface area contributed by atoms with E-state index >= 15 is 0 Å². The highest BCUT2D eigenvalue weighted by Crippen LogP contribution is 2.27. The van der Waals surface area contributed by atoms with Gasteiger partial charge in [-0.3, -0.25) is 4.90 Å². The minimum atomic E-state index is -0.887. The number of hydrogen-bond acceptors (Lipinski definition) is 6. The van der Waals surface area contributed by atoms with Crippen LogP contribution in [-0.2, 0) is 4.74 Å². The second-order valence-corrected chi connectivity index (χ2v) is 8.59. The fourth-order valence-electron chi connectivity index (χ4n) is 3.68. The zero-order valence-electron chi connectivity index (χ0n) is 16.9. The highest BCUT2D eigenvalue weighted by atomic mass is 32.1. The molecule has 29 heavy (non-hydrogen) atoms. The number of aliphatic imine (C=N–C) groups is 2. The minimum Gasteiger partial charge on any atom is -0.381 e. The first-order valence-corrected chi connectivity index (χ1v) is 10.7. The van der Waals surface area contributed by atoms with Crippen molar-refractivity contribution in [2.75, 3.05) is 39.4 Å². The van der Waals surface area contributed by atoms with E-state index in [-0.39, 0.29) is 0 Å². The van der Waals surface area contributed by atoms with Gasteiger partial charge in [-0.2, -0.15) is 0 Å². The number of nitrogens with zero attached hydrogens (tertiary/aromatic N) is 5. The number of aliphatic hydroxyl groups is 1. The molecule has 0 spiro atoms. The SMILES string of the molecule is C=NC(=N/C=C(\C)C1(O)COC1)N1CCN(C(C)c2ccc3scnc3c2)CC1. The molecule has 0 amide bonds. The third-order valence-corrected chi connectivity index (χ3v) is 6.72. The quantitative estimate of drug-likeness (QED) is 0.616. The van der Waals surface area contributed by atoms with E-state index in [1.807, 2.05) is 12.4 Å². The van der Waals surface area contributed by atoms with Gasteiger partial charge in [-0.15, -0.1) is 11.3 Å². The van der Waals surface area contributed by atoms with Crippen LogP contribution in [-0.4, -0.2) is 77.6 Å². The normalized spacial score (nSPS) is 21.8. The molecule has 2 aromatic rings. The van der Waals surface area contributed by atoms with E-state index < -0.39 is 5.60 Å². The molecule has 7 nitrogen and oxygen atoms in total. The van der Waals surface area contributed by atoms with Crippen molar-refractivity contribution in [1.29, 1.82) is 0 Å². The Kier molecular flexibility index (Phi) is 5.78. The zero-order valence-corrected chi connectivity index (χ0v) is 17.7. The van der Waals surface area contributed by atoms with Crippen molar-refractivity contribution < 1.29 is 9.84 Å². The molecule has 4 rings (SSSR count). The molecular formula is C21H27N5O2S. The lowest BCUT2D eigenvalue weighted by Gasteiger charge is -2.38. The number of ether oxygens (including phenoxy) is 1. The molecule has 0 radical (unpaired) electrons. The predicted molar refractivity (Wildman–Crippen MR) is 118 cm³/mol. The minimum absolute atomic E-state index is 0.324. The van der Waals surface area contributed by atoms with Crippen LogP contribution in [0.4, 0.5) is 0 Å². The largest absolute Gasteiger partial charge is 0.381 e. The first-order chi connectivity index (χ1) is 14.0. The van der Waals surface area contributed by atoms with Crippen LogP contribution in [0.15, 0.2) is 45.5 Å². The highest BCUT2D eigenvalue weighted by molar-refractivity contribution is 7.16. The number of hydrogen-bond donors (Lipinski definition) is 1. The first-order valence-electron chi connectivity index (χ1n) is 9.84. The summed E-state index contributed by atoms with van der Waals surface area (Å²) >= 11 is 1.67. The van der Waals surface area contributed by atoms with E-state index in [2.05, 4.69) is 56.6 Å². The summed E-state index contributed by atoms with van der Waals surface area (Å²) in [7, 11) is 0. The lowest BCUT2D eigenvalue weighted by atomic mass is 9.94. The van der Waals surface area contributed by atoms with E-state index in [0.29, 0.717) is 25.2 Å². The maximum atomic E-state index is 10.3. The molecule has 2 aliphatic rings. The molecule has 1 aromatic carbocycles. The molecule has 8 heteroatoms. The Morgan fingerprint density at radius 3 is 2.76 bits per heavy atom. The molecule has 1 aromatic heterocycles. The summed E-state index contributed by atoms with van der Waals surface area (Å²) in [5.41, 5.74) is 4.16. The van der Waals surface area contributed by atoms with Crippen LogP contribution in [0.5, 0.6) is 0 Å².